The Balaban J connectivity index is 1.79. The van der Waals surface area contributed by atoms with Gasteiger partial charge in [0.2, 0.25) is 0 Å². The summed E-state index contributed by atoms with van der Waals surface area (Å²) >= 11 is 0. The molecule has 1 aliphatic rings. The molecular formula is C19H30N2O2. The number of rotatable bonds is 7. The summed E-state index contributed by atoms with van der Waals surface area (Å²) < 4.78 is 5.57. The standard InChI is InChI=1S/C19H30N2O2/c1-4-16-8-10-17(11-9-16)23-14-18(22)20-15-19(21(2)3)12-6-5-7-13-19/h8-11H,4-7,12-15H2,1-3H3,(H,20,22). The van der Waals surface area contributed by atoms with Gasteiger partial charge >= 0.3 is 0 Å². The molecule has 4 nitrogen and oxygen atoms in total. The highest BCUT2D eigenvalue weighted by Gasteiger charge is 2.34. The molecule has 1 aliphatic carbocycles. The van der Waals surface area contributed by atoms with Crippen LogP contribution in [0.5, 0.6) is 5.75 Å². The van der Waals surface area contributed by atoms with Gasteiger partial charge in [0.25, 0.3) is 5.91 Å². The van der Waals surface area contributed by atoms with Crippen LogP contribution in [-0.2, 0) is 11.2 Å². The lowest BCUT2D eigenvalue weighted by Crippen LogP contribution is -2.54. The van der Waals surface area contributed by atoms with E-state index in [4.69, 9.17) is 4.74 Å². The van der Waals surface area contributed by atoms with E-state index in [2.05, 4.69) is 31.2 Å². The number of carbonyl (C=O) groups is 1. The lowest BCUT2D eigenvalue weighted by atomic mass is 9.80. The van der Waals surface area contributed by atoms with Crippen molar-refractivity contribution in [1.82, 2.24) is 10.2 Å². The number of benzene rings is 1. The van der Waals surface area contributed by atoms with Crippen molar-refractivity contribution in [3.63, 3.8) is 0 Å². The molecule has 1 aromatic rings. The van der Waals surface area contributed by atoms with Gasteiger partial charge in [-0.15, -0.1) is 0 Å². The maximum absolute atomic E-state index is 12.1. The van der Waals surface area contributed by atoms with E-state index in [1.165, 1.54) is 24.8 Å². The van der Waals surface area contributed by atoms with Gasteiger partial charge < -0.3 is 15.0 Å². The minimum atomic E-state index is -0.0450. The summed E-state index contributed by atoms with van der Waals surface area (Å²) in [6.07, 6.45) is 7.11. The Morgan fingerprint density at radius 1 is 1.17 bits per heavy atom. The fourth-order valence-corrected chi connectivity index (χ4v) is 3.28. The Hall–Kier alpha value is -1.55. The number of aryl methyl sites for hydroxylation is 1. The molecule has 23 heavy (non-hydrogen) atoms. The monoisotopic (exact) mass is 318 g/mol. The molecule has 0 radical (unpaired) electrons. The quantitative estimate of drug-likeness (QED) is 0.840. The van der Waals surface area contributed by atoms with Crippen LogP contribution in [0.15, 0.2) is 24.3 Å². The second-order valence-electron chi connectivity index (χ2n) is 6.74. The van der Waals surface area contributed by atoms with E-state index in [-0.39, 0.29) is 18.1 Å². The van der Waals surface area contributed by atoms with Crippen molar-refractivity contribution in [2.24, 2.45) is 0 Å². The third kappa shape index (κ3) is 4.96. The Labute approximate surface area is 140 Å². The predicted octanol–water partition coefficient (Wildman–Crippen LogP) is 3.01. The average Bonchev–Trinajstić information content (AvgIpc) is 2.59. The molecule has 0 aromatic heterocycles. The lowest BCUT2D eigenvalue weighted by molar-refractivity contribution is -0.123. The lowest BCUT2D eigenvalue weighted by Gasteiger charge is -2.43. The highest BCUT2D eigenvalue weighted by atomic mass is 16.5. The number of nitrogens with one attached hydrogen (secondary N) is 1. The number of amides is 1. The van der Waals surface area contributed by atoms with Gasteiger partial charge in [-0.3, -0.25) is 4.79 Å². The highest BCUT2D eigenvalue weighted by Crippen LogP contribution is 2.31. The molecule has 0 bridgehead atoms. The fraction of sp³-hybridized carbons (Fsp3) is 0.632. The number of nitrogens with zero attached hydrogens (tertiary/aromatic N) is 1. The van der Waals surface area contributed by atoms with Crippen LogP contribution in [-0.4, -0.2) is 43.6 Å². The molecule has 0 saturated heterocycles. The van der Waals surface area contributed by atoms with Gasteiger partial charge in [0.15, 0.2) is 6.61 Å². The zero-order chi connectivity index (χ0) is 16.7. The van der Waals surface area contributed by atoms with Gasteiger partial charge in [0, 0.05) is 12.1 Å². The third-order valence-corrected chi connectivity index (χ3v) is 5.05. The van der Waals surface area contributed by atoms with Crippen molar-refractivity contribution in [2.75, 3.05) is 27.2 Å². The van der Waals surface area contributed by atoms with E-state index in [1.807, 2.05) is 24.3 Å². The van der Waals surface area contributed by atoms with Crippen molar-refractivity contribution < 1.29 is 9.53 Å². The van der Waals surface area contributed by atoms with Crippen molar-refractivity contribution in [2.45, 2.75) is 51.0 Å². The molecule has 1 amide bonds. The smallest absolute Gasteiger partial charge is 0.258 e. The van der Waals surface area contributed by atoms with Crippen LogP contribution >= 0.6 is 0 Å². The molecular weight excluding hydrogens is 288 g/mol. The van der Waals surface area contributed by atoms with E-state index in [1.54, 1.807) is 0 Å². The van der Waals surface area contributed by atoms with Crippen molar-refractivity contribution in [3.8, 4) is 5.75 Å². The van der Waals surface area contributed by atoms with E-state index in [9.17, 15) is 4.79 Å². The van der Waals surface area contributed by atoms with Crippen LogP contribution in [0.1, 0.15) is 44.6 Å². The van der Waals surface area contributed by atoms with E-state index >= 15 is 0 Å². The summed E-state index contributed by atoms with van der Waals surface area (Å²) in [4.78, 5) is 14.4. The van der Waals surface area contributed by atoms with Gasteiger partial charge in [-0.1, -0.05) is 38.3 Å². The normalized spacial score (nSPS) is 17.0. The maximum Gasteiger partial charge on any atom is 0.258 e. The zero-order valence-corrected chi connectivity index (χ0v) is 14.7. The van der Waals surface area contributed by atoms with Crippen LogP contribution in [0.4, 0.5) is 0 Å². The van der Waals surface area contributed by atoms with Gasteiger partial charge in [0.1, 0.15) is 5.75 Å². The number of carbonyl (C=O) groups excluding carboxylic acids is 1. The van der Waals surface area contributed by atoms with Crippen LogP contribution in [0.3, 0.4) is 0 Å². The number of hydrogen-bond donors (Lipinski definition) is 1. The fourth-order valence-electron chi connectivity index (χ4n) is 3.28. The Morgan fingerprint density at radius 3 is 2.39 bits per heavy atom. The first-order valence-electron chi connectivity index (χ1n) is 8.71. The summed E-state index contributed by atoms with van der Waals surface area (Å²) in [7, 11) is 4.23. The second kappa shape index (κ2) is 8.34. The van der Waals surface area contributed by atoms with Crippen LogP contribution in [0.2, 0.25) is 0 Å². The molecule has 1 aromatic carbocycles. The van der Waals surface area contributed by atoms with Gasteiger partial charge in [0.05, 0.1) is 0 Å². The maximum atomic E-state index is 12.1. The number of likely N-dealkylation sites (N-methyl/N-ethyl adjacent to an activating group) is 1. The van der Waals surface area contributed by atoms with Gasteiger partial charge in [-0.2, -0.15) is 0 Å². The summed E-state index contributed by atoms with van der Waals surface area (Å²) in [5.74, 6) is 0.703. The summed E-state index contributed by atoms with van der Waals surface area (Å²) in [5.41, 5.74) is 1.38. The van der Waals surface area contributed by atoms with Crippen LogP contribution < -0.4 is 10.1 Å². The average molecular weight is 318 g/mol. The number of hydrogen-bond acceptors (Lipinski definition) is 3. The van der Waals surface area contributed by atoms with Crippen molar-refractivity contribution in [1.29, 1.82) is 0 Å². The largest absolute Gasteiger partial charge is 0.484 e. The Kier molecular flexibility index (Phi) is 6.46. The summed E-state index contributed by atoms with van der Waals surface area (Å²) in [6.45, 7) is 2.90. The SMILES string of the molecule is CCc1ccc(OCC(=O)NCC2(N(C)C)CCCCC2)cc1. The first-order chi connectivity index (χ1) is 11.1. The molecule has 2 rings (SSSR count). The topological polar surface area (TPSA) is 41.6 Å². The molecule has 0 aliphatic heterocycles. The predicted molar refractivity (Wildman–Crippen MR) is 93.8 cm³/mol. The van der Waals surface area contributed by atoms with Gasteiger partial charge in [-0.05, 0) is 51.1 Å². The van der Waals surface area contributed by atoms with E-state index in [0.29, 0.717) is 6.54 Å². The second-order valence-corrected chi connectivity index (χ2v) is 6.74. The van der Waals surface area contributed by atoms with Crippen LogP contribution in [0, 0.1) is 0 Å². The molecule has 0 atom stereocenters. The Bertz CT molecular complexity index is 491. The molecule has 1 N–H and O–H groups in total. The Morgan fingerprint density at radius 2 is 1.83 bits per heavy atom. The van der Waals surface area contributed by atoms with Crippen molar-refractivity contribution in [3.05, 3.63) is 29.8 Å². The van der Waals surface area contributed by atoms with Crippen molar-refractivity contribution >= 4 is 5.91 Å². The molecule has 1 saturated carbocycles. The summed E-state index contributed by atoms with van der Waals surface area (Å²) in [5, 5.41) is 3.06. The molecule has 4 heteroatoms. The van der Waals surface area contributed by atoms with Crippen LogP contribution in [0.25, 0.3) is 0 Å². The first kappa shape index (κ1) is 17.8. The molecule has 1 fully saturated rings. The third-order valence-electron chi connectivity index (χ3n) is 5.05. The highest BCUT2D eigenvalue weighted by molar-refractivity contribution is 5.77. The van der Waals surface area contributed by atoms with E-state index in [0.717, 1.165) is 25.0 Å². The molecule has 0 unspecified atom stereocenters. The number of ether oxygens (including phenoxy) is 1. The molecule has 128 valence electrons. The summed E-state index contributed by atoms with van der Waals surface area (Å²) in [6, 6.07) is 7.93. The zero-order valence-electron chi connectivity index (χ0n) is 14.7. The van der Waals surface area contributed by atoms with E-state index < -0.39 is 0 Å². The minimum absolute atomic E-state index is 0.0450. The minimum Gasteiger partial charge on any atom is -0.484 e. The first-order valence-corrected chi connectivity index (χ1v) is 8.71. The van der Waals surface area contributed by atoms with Gasteiger partial charge in [-0.25, -0.2) is 0 Å². The molecule has 0 spiro atoms. The molecule has 0 heterocycles.